The van der Waals surface area contributed by atoms with Crippen LogP contribution in [-0.4, -0.2) is 13.8 Å². The Morgan fingerprint density at radius 3 is 2.17 bits per heavy atom. The zero-order valence-electron chi connectivity index (χ0n) is 13.6. The Morgan fingerprint density at radius 1 is 0.917 bits per heavy atom. The molecule has 0 atom stereocenters. The molecule has 1 aromatic heterocycles. The number of para-hydroxylation sites is 1. The molecule has 3 aromatic carbocycles. The first kappa shape index (κ1) is 23.1. The Labute approximate surface area is 172 Å². The van der Waals surface area contributed by atoms with E-state index in [1.807, 2.05) is 24.3 Å². The van der Waals surface area contributed by atoms with E-state index in [0.717, 1.165) is 5.52 Å². The Morgan fingerprint density at radius 2 is 1.54 bits per heavy atom. The van der Waals surface area contributed by atoms with Crippen LogP contribution in [0.4, 0.5) is 0 Å². The fraction of sp³-hybridized carbons (Fsp3) is 0.105. The number of aromatic amines is 1. The minimum absolute atomic E-state index is 0. The average Bonchev–Trinajstić information content (AvgIpc) is 3.14. The van der Waals surface area contributed by atoms with Gasteiger partial charge in [-0.05, 0) is 0 Å². The molecule has 0 amide bonds. The van der Waals surface area contributed by atoms with Crippen LogP contribution < -0.4 is 30.0 Å². The molecular formula is C19H18Cl2NSiTi. The first-order valence-corrected chi connectivity index (χ1v) is 9.64. The summed E-state index contributed by atoms with van der Waals surface area (Å²) in [4.78, 5) is 2.99. The van der Waals surface area contributed by atoms with Gasteiger partial charge in [0, 0.05) is 0 Å². The minimum atomic E-state index is -0.273. The third kappa shape index (κ3) is 5.58. The largest absolute Gasteiger partial charge is 4.00 e. The second-order valence-corrected chi connectivity index (χ2v) is 7.95. The molecule has 5 heteroatoms. The fourth-order valence-electron chi connectivity index (χ4n) is 2.37. The van der Waals surface area contributed by atoms with Crippen molar-refractivity contribution in [2.75, 3.05) is 0 Å². The maximum Gasteiger partial charge on any atom is 4.00 e. The molecule has 4 rings (SSSR count). The summed E-state index contributed by atoms with van der Waals surface area (Å²) in [7, 11) is -0.273. The minimum Gasteiger partial charge on any atom is -1.00 e. The van der Waals surface area contributed by atoms with E-state index >= 15 is 0 Å². The number of hydrogen-bond donors (Lipinski definition) is 1. The number of nitrogens with one attached hydrogen (secondary N) is 1. The molecule has 0 fully saturated rings. The van der Waals surface area contributed by atoms with Crippen LogP contribution in [0.1, 0.15) is 0 Å². The van der Waals surface area contributed by atoms with E-state index in [0.29, 0.717) is 0 Å². The van der Waals surface area contributed by atoms with Crippen LogP contribution in [0.25, 0.3) is 21.7 Å². The van der Waals surface area contributed by atoms with E-state index < -0.39 is 0 Å². The Kier molecular flexibility index (Phi) is 10.5. The van der Waals surface area contributed by atoms with E-state index in [-0.39, 0.29) is 55.3 Å². The van der Waals surface area contributed by atoms with Gasteiger partial charge >= 0.3 is 21.7 Å². The van der Waals surface area contributed by atoms with E-state index in [1.165, 1.54) is 16.2 Å². The summed E-state index contributed by atoms with van der Waals surface area (Å²) in [5, 5.41) is 5.54. The molecule has 0 aliphatic heterocycles. The molecule has 0 saturated carbocycles. The number of hydrogen-bond acceptors (Lipinski definition) is 0. The van der Waals surface area contributed by atoms with Crippen molar-refractivity contribution in [2.45, 2.75) is 13.1 Å². The summed E-state index contributed by atoms with van der Waals surface area (Å²) in [6.45, 7) is 4.66. The molecule has 0 aliphatic rings. The molecule has 24 heavy (non-hydrogen) atoms. The van der Waals surface area contributed by atoms with Crippen molar-refractivity contribution in [2.24, 2.45) is 0 Å². The monoisotopic (exact) mass is 406 g/mol. The third-order valence-electron chi connectivity index (χ3n) is 3.59. The van der Waals surface area contributed by atoms with Gasteiger partial charge in [0.1, 0.15) is 0 Å². The summed E-state index contributed by atoms with van der Waals surface area (Å²) in [5.41, 5.74) is 1.15. The van der Waals surface area contributed by atoms with Crippen LogP contribution >= 0.6 is 0 Å². The molecule has 1 N–H and O–H groups in total. The number of fused-ring (bicyclic) bond motifs is 2. The predicted molar refractivity (Wildman–Crippen MR) is 93.8 cm³/mol. The van der Waals surface area contributed by atoms with Gasteiger partial charge < -0.3 is 29.8 Å². The molecule has 4 aromatic rings. The Bertz CT molecular complexity index is 791. The SMILES string of the molecule is C[Si](C)c1cc2ccccc2[cH-]1.[Cl-].[Cl-].[Ti+4].[c-]1cc2ccccc2[nH]1. The zero-order valence-corrected chi connectivity index (χ0v) is 17.7. The second-order valence-electron chi connectivity index (χ2n) is 5.37. The van der Waals surface area contributed by atoms with Gasteiger partial charge in [-0.1, -0.05) is 31.3 Å². The van der Waals surface area contributed by atoms with Crippen LogP contribution in [0.2, 0.25) is 13.1 Å². The summed E-state index contributed by atoms with van der Waals surface area (Å²) >= 11 is 0. The van der Waals surface area contributed by atoms with Crippen LogP contribution in [0.15, 0.2) is 66.7 Å². The predicted octanol–water partition coefficient (Wildman–Crippen LogP) is -1.51. The Hall–Kier alpha value is -0.899. The van der Waals surface area contributed by atoms with Gasteiger partial charge in [-0.25, -0.2) is 0 Å². The molecule has 0 saturated heterocycles. The molecule has 0 spiro atoms. The van der Waals surface area contributed by atoms with E-state index in [1.54, 1.807) is 5.19 Å². The molecule has 121 valence electrons. The van der Waals surface area contributed by atoms with Gasteiger partial charge in [-0.15, -0.1) is 53.5 Å². The van der Waals surface area contributed by atoms with Crippen molar-refractivity contribution < 1.29 is 46.5 Å². The van der Waals surface area contributed by atoms with Crippen molar-refractivity contribution in [3.05, 3.63) is 72.9 Å². The van der Waals surface area contributed by atoms with Gasteiger partial charge in [-0.2, -0.15) is 28.1 Å². The number of benzene rings is 2. The molecule has 1 radical (unpaired) electrons. The Balaban J connectivity index is 0.000000402. The van der Waals surface area contributed by atoms with E-state index in [2.05, 4.69) is 66.7 Å². The van der Waals surface area contributed by atoms with Crippen molar-refractivity contribution in [1.29, 1.82) is 0 Å². The average molecular weight is 407 g/mol. The number of aromatic nitrogens is 1. The van der Waals surface area contributed by atoms with Gasteiger partial charge in [0.2, 0.25) is 0 Å². The van der Waals surface area contributed by atoms with Gasteiger partial charge in [0.05, 0.1) is 8.80 Å². The first-order valence-electron chi connectivity index (χ1n) is 7.14. The van der Waals surface area contributed by atoms with Crippen LogP contribution in [0.5, 0.6) is 0 Å². The third-order valence-corrected chi connectivity index (χ3v) is 5.03. The summed E-state index contributed by atoms with van der Waals surface area (Å²) in [6.07, 6.45) is 2.91. The van der Waals surface area contributed by atoms with Crippen LogP contribution in [0, 0.1) is 6.20 Å². The molecular weight excluding hydrogens is 389 g/mol. The first-order chi connectivity index (χ1) is 10.2. The van der Waals surface area contributed by atoms with Crippen molar-refractivity contribution in [3.63, 3.8) is 0 Å². The van der Waals surface area contributed by atoms with Gasteiger partial charge in [-0.3, -0.25) is 0 Å². The molecule has 0 bridgehead atoms. The number of H-pyrrole nitrogens is 1. The zero-order chi connectivity index (χ0) is 14.7. The summed E-state index contributed by atoms with van der Waals surface area (Å²) in [5.74, 6) is 0. The molecule has 0 aliphatic carbocycles. The van der Waals surface area contributed by atoms with Crippen LogP contribution in [-0.2, 0) is 21.7 Å². The number of rotatable bonds is 1. The quantitative estimate of drug-likeness (QED) is 0.292. The molecule has 0 unspecified atom stereocenters. The smallest absolute Gasteiger partial charge is 1.00 e. The maximum atomic E-state index is 2.99. The fourth-order valence-corrected chi connectivity index (χ4v) is 3.26. The molecule has 1 heterocycles. The topological polar surface area (TPSA) is 15.8 Å². The second kappa shape index (κ2) is 10.9. The standard InChI is InChI=1S/C11H12Si.C8H6N.2ClH.Ti/c1-12(2)11-7-9-5-3-4-6-10(9)8-11;1-2-4-8-7(3-1)5-6-9-8;;;/h3-8H,1-2H3;1-5,9H;2*1H;/q2*-1;;;+4/p-2. The van der Waals surface area contributed by atoms with Crippen molar-refractivity contribution >= 4 is 35.7 Å². The van der Waals surface area contributed by atoms with E-state index in [4.69, 9.17) is 0 Å². The number of halogens is 2. The maximum absolute atomic E-state index is 2.99. The van der Waals surface area contributed by atoms with E-state index in [9.17, 15) is 0 Å². The van der Waals surface area contributed by atoms with Crippen molar-refractivity contribution in [1.82, 2.24) is 4.98 Å². The van der Waals surface area contributed by atoms with Gasteiger partial charge in [0.25, 0.3) is 0 Å². The van der Waals surface area contributed by atoms with Gasteiger partial charge in [0.15, 0.2) is 0 Å². The normalized spacial score (nSPS) is 9.46. The van der Waals surface area contributed by atoms with Crippen LogP contribution in [0.3, 0.4) is 0 Å². The summed E-state index contributed by atoms with van der Waals surface area (Å²) < 4.78 is 0. The molecule has 1 nitrogen and oxygen atoms in total. The van der Waals surface area contributed by atoms with Crippen molar-refractivity contribution in [3.8, 4) is 0 Å². The summed E-state index contributed by atoms with van der Waals surface area (Å²) in [6, 6.07) is 23.3.